The second-order valence-electron chi connectivity index (χ2n) is 10.1. The third-order valence-corrected chi connectivity index (χ3v) is 8.53. The number of rotatable bonds is 5. The lowest BCUT2D eigenvalue weighted by Gasteiger charge is -2.28. The van der Waals surface area contributed by atoms with E-state index in [1.165, 1.54) is 13.5 Å². The topological polar surface area (TPSA) is 122 Å². The second kappa shape index (κ2) is 10.9. The average Bonchev–Trinajstić information content (AvgIpc) is 3.63. The van der Waals surface area contributed by atoms with Gasteiger partial charge in [0.1, 0.15) is 17.1 Å². The van der Waals surface area contributed by atoms with Crippen molar-refractivity contribution in [2.24, 2.45) is 0 Å². The predicted octanol–water partition coefficient (Wildman–Crippen LogP) is 4.60. The Hall–Kier alpha value is -4.84. The molecule has 6 heterocycles. The van der Waals surface area contributed by atoms with E-state index in [0.29, 0.717) is 40.5 Å². The molecule has 1 fully saturated rings. The smallest absolute Gasteiger partial charge is 0.366 e. The van der Waals surface area contributed by atoms with Crippen LogP contribution in [-0.2, 0) is 11.2 Å². The third-order valence-electron chi connectivity index (χ3n) is 7.54. The summed E-state index contributed by atoms with van der Waals surface area (Å²) in [6.45, 7) is 2.20. The van der Waals surface area contributed by atoms with Gasteiger partial charge in [-0.3, -0.25) is 0 Å². The third kappa shape index (κ3) is 4.63. The molecule has 4 aromatic heterocycles. The van der Waals surface area contributed by atoms with Gasteiger partial charge in [-0.1, -0.05) is 0 Å². The Balaban J connectivity index is 1.39. The highest BCUT2D eigenvalue weighted by atomic mass is 32.1. The summed E-state index contributed by atoms with van der Waals surface area (Å²) in [4.78, 5) is 45.9. The number of carbonyl (C=O) groups is 2. The Morgan fingerprint density at radius 1 is 1.00 bits per heavy atom. The molecular formula is C30H26N6O5S. The Kier molecular flexibility index (Phi) is 6.74. The number of pyridine rings is 2. The molecule has 1 aromatic carbocycles. The van der Waals surface area contributed by atoms with Gasteiger partial charge in [0.25, 0.3) is 0 Å². The summed E-state index contributed by atoms with van der Waals surface area (Å²) in [5.41, 5.74) is 3.85. The zero-order chi connectivity index (χ0) is 28.6. The number of carbonyl (C=O) groups excluding carboxylic acids is 2. The number of benzene rings is 1. The summed E-state index contributed by atoms with van der Waals surface area (Å²) in [5, 5.41) is 10.0. The molecule has 2 aliphatic rings. The molecule has 1 saturated heterocycles. The van der Waals surface area contributed by atoms with Gasteiger partial charge >= 0.3 is 11.9 Å². The largest absolute Gasteiger partial charge is 0.493 e. The number of hydrogen-bond donors (Lipinski definition) is 0. The van der Waals surface area contributed by atoms with E-state index >= 15 is 0 Å². The highest BCUT2D eigenvalue weighted by Gasteiger charge is 2.28. The van der Waals surface area contributed by atoms with E-state index < -0.39 is 11.9 Å². The Bertz CT molecular complexity index is 1830. The first-order valence-corrected chi connectivity index (χ1v) is 14.6. The zero-order valence-corrected chi connectivity index (χ0v) is 23.6. The number of esters is 1. The number of aromatic nitrogens is 5. The number of hydrogen-bond acceptors (Lipinski definition) is 11. The standard InChI is InChI=1S/C30H26N6O5S/c1-39-30(38)26-19(7-8-25(32-26)35-12-3-2-4-13-35)20-17-24-22(27-18(9-14-40-24)10-15-42-27)16-21(20)29(37)41-36-28-23(33-34-36)6-5-11-31-28/h5-8,10-11,15-17H,2-4,9,12-14H2,1H3. The number of nitrogens with zero attached hydrogens (tertiary/aromatic N) is 6. The van der Waals surface area contributed by atoms with E-state index in [1.54, 1.807) is 47.9 Å². The Labute approximate surface area is 244 Å². The monoisotopic (exact) mass is 582 g/mol. The van der Waals surface area contributed by atoms with Crippen molar-refractivity contribution in [1.29, 1.82) is 0 Å². The van der Waals surface area contributed by atoms with Gasteiger partial charge in [-0.2, -0.15) is 0 Å². The molecule has 0 spiro atoms. The normalized spacial score (nSPS) is 14.5. The van der Waals surface area contributed by atoms with Crippen LogP contribution in [0.5, 0.6) is 5.75 Å². The number of thiophene rings is 1. The Morgan fingerprint density at radius 3 is 2.74 bits per heavy atom. The maximum atomic E-state index is 13.9. The van der Waals surface area contributed by atoms with Crippen LogP contribution >= 0.6 is 11.3 Å². The van der Waals surface area contributed by atoms with E-state index in [9.17, 15) is 9.59 Å². The van der Waals surface area contributed by atoms with Gasteiger partial charge in [-0.15, -0.1) is 16.4 Å². The number of methoxy groups -OCH3 is 1. The van der Waals surface area contributed by atoms with Crippen LogP contribution in [0.15, 0.2) is 54.0 Å². The van der Waals surface area contributed by atoms with Crippen molar-refractivity contribution in [3.05, 3.63) is 70.9 Å². The fourth-order valence-electron chi connectivity index (χ4n) is 5.46. The highest BCUT2D eigenvalue weighted by molar-refractivity contribution is 7.13. The van der Waals surface area contributed by atoms with E-state index in [1.807, 2.05) is 11.4 Å². The van der Waals surface area contributed by atoms with Crippen LogP contribution in [-0.4, -0.2) is 63.9 Å². The quantitative estimate of drug-likeness (QED) is 0.215. The van der Waals surface area contributed by atoms with E-state index in [2.05, 4.69) is 26.3 Å². The Morgan fingerprint density at radius 2 is 1.88 bits per heavy atom. The molecule has 0 unspecified atom stereocenters. The molecule has 0 bridgehead atoms. The summed E-state index contributed by atoms with van der Waals surface area (Å²) < 4.78 is 11.3. The number of anilines is 1. The molecule has 0 N–H and O–H groups in total. The van der Waals surface area contributed by atoms with Gasteiger partial charge < -0.3 is 19.2 Å². The molecule has 12 heteroatoms. The SMILES string of the molecule is COC(=O)c1nc(N2CCCCC2)ccc1-c1cc2c(cc1C(=O)On1nnc3cccnc31)-c1sccc1CCO2. The fraction of sp³-hybridized carbons (Fsp3) is 0.267. The summed E-state index contributed by atoms with van der Waals surface area (Å²) in [7, 11) is 1.32. The van der Waals surface area contributed by atoms with Crippen molar-refractivity contribution in [3.8, 4) is 27.3 Å². The molecule has 212 valence electrons. The van der Waals surface area contributed by atoms with Crippen LogP contribution in [0.1, 0.15) is 45.7 Å². The van der Waals surface area contributed by atoms with E-state index in [4.69, 9.17) is 19.3 Å². The molecule has 42 heavy (non-hydrogen) atoms. The number of piperidine rings is 1. The van der Waals surface area contributed by atoms with Gasteiger partial charge in [-0.05, 0) is 82.7 Å². The van der Waals surface area contributed by atoms with E-state index in [-0.39, 0.29) is 11.3 Å². The first kappa shape index (κ1) is 26.1. The van der Waals surface area contributed by atoms with Gasteiger partial charge in [0, 0.05) is 47.3 Å². The molecule has 0 saturated carbocycles. The van der Waals surface area contributed by atoms with Crippen LogP contribution < -0.4 is 14.5 Å². The van der Waals surface area contributed by atoms with Crippen molar-refractivity contribution < 1.29 is 23.9 Å². The summed E-state index contributed by atoms with van der Waals surface area (Å²) in [6, 6.07) is 12.7. The lowest BCUT2D eigenvalue weighted by atomic mass is 9.94. The van der Waals surface area contributed by atoms with Gasteiger partial charge in [0.2, 0.25) is 5.65 Å². The maximum Gasteiger partial charge on any atom is 0.366 e. The second-order valence-corrected chi connectivity index (χ2v) is 11.0. The number of fused-ring (bicyclic) bond motifs is 4. The molecule has 11 nitrogen and oxygen atoms in total. The summed E-state index contributed by atoms with van der Waals surface area (Å²) in [5.74, 6) is -0.0153. The zero-order valence-electron chi connectivity index (χ0n) is 22.8. The van der Waals surface area contributed by atoms with Crippen LogP contribution in [0.2, 0.25) is 0 Å². The molecule has 0 aliphatic carbocycles. The molecule has 0 atom stereocenters. The van der Waals surface area contributed by atoms with E-state index in [0.717, 1.165) is 53.2 Å². The lowest BCUT2D eigenvalue weighted by molar-refractivity contribution is 0.0405. The molecule has 5 aromatic rings. The van der Waals surface area contributed by atoms with Crippen LogP contribution in [0, 0.1) is 0 Å². The van der Waals surface area contributed by atoms with Gasteiger partial charge in [-0.25, -0.2) is 19.6 Å². The summed E-state index contributed by atoms with van der Waals surface area (Å²) >= 11 is 1.58. The molecule has 0 radical (unpaired) electrons. The van der Waals surface area contributed by atoms with Crippen molar-refractivity contribution in [2.45, 2.75) is 25.7 Å². The van der Waals surface area contributed by atoms with Crippen LogP contribution in [0.3, 0.4) is 0 Å². The summed E-state index contributed by atoms with van der Waals surface area (Å²) in [6.07, 6.45) is 5.59. The van der Waals surface area contributed by atoms with Gasteiger partial charge in [0.15, 0.2) is 5.69 Å². The highest BCUT2D eigenvalue weighted by Crippen LogP contribution is 2.43. The lowest BCUT2D eigenvalue weighted by Crippen LogP contribution is -2.30. The van der Waals surface area contributed by atoms with Crippen LogP contribution in [0.25, 0.3) is 32.7 Å². The first-order chi connectivity index (χ1) is 20.6. The minimum atomic E-state index is -0.705. The molecule has 0 amide bonds. The molecular weight excluding hydrogens is 556 g/mol. The predicted molar refractivity (Wildman–Crippen MR) is 156 cm³/mol. The number of ether oxygens (including phenoxy) is 2. The first-order valence-electron chi connectivity index (χ1n) is 13.7. The van der Waals surface area contributed by atoms with Crippen molar-refractivity contribution >= 4 is 40.3 Å². The van der Waals surface area contributed by atoms with Crippen molar-refractivity contribution in [2.75, 3.05) is 31.7 Å². The maximum absolute atomic E-state index is 13.9. The van der Waals surface area contributed by atoms with Gasteiger partial charge in [0.05, 0.1) is 19.3 Å². The minimum Gasteiger partial charge on any atom is -0.493 e. The van der Waals surface area contributed by atoms with Crippen molar-refractivity contribution in [3.63, 3.8) is 0 Å². The fourth-order valence-corrected chi connectivity index (χ4v) is 6.44. The average molecular weight is 583 g/mol. The van der Waals surface area contributed by atoms with Crippen LogP contribution in [0.4, 0.5) is 5.82 Å². The molecule has 2 aliphatic heterocycles. The minimum absolute atomic E-state index is 0.105. The molecule has 7 rings (SSSR count). The van der Waals surface area contributed by atoms with Crippen molar-refractivity contribution in [1.82, 2.24) is 25.1 Å².